The van der Waals surface area contributed by atoms with Crippen LogP contribution in [0.4, 0.5) is 6.01 Å². The third-order valence-electron chi connectivity index (χ3n) is 6.23. The molecular weight excluding hydrogens is 548 g/mol. The van der Waals surface area contributed by atoms with Gasteiger partial charge < -0.3 is 34.9 Å². The van der Waals surface area contributed by atoms with Gasteiger partial charge in [0.25, 0.3) is 17.8 Å². The number of thioether (sulfide) groups is 1. The number of hydrogen-bond acceptors (Lipinski definition) is 11. The fourth-order valence-corrected chi connectivity index (χ4v) is 5.47. The summed E-state index contributed by atoms with van der Waals surface area (Å²) in [7, 11) is 0. The van der Waals surface area contributed by atoms with Crippen molar-refractivity contribution in [3.63, 3.8) is 0 Å². The lowest BCUT2D eigenvalue weighted by atomic mass is 10.0. The van der Waals surface area contributed by atoms with Crippen LogP contribution in [0.3, 0.4) is 0 Å². The molecule has 2 aliphatic rings. The maximum atomic E-state index is 13.2. The van der Waals surface area contributed by atoms with Crippen molar-refractivity contribution in [2.75, 3.05) is 11.5 Å². The Hall–Kier alpha value is -4.86. The van der Waals surface area contributed by atoms with Crippen LogP contribution in [-0.4, -0.2) is 72.3 Å². The number of fused-ring (bicyclic) bond motifs is 2. The van der Waals surface area contributed by atoms with Gasteiger partial charge in [-0.3, -0.25) is 14.5 Å². The number of hydrogen-bond donors (Lipinski definition) is 4. The van der Waals surface area contributed by atoms with E-state index in [2.05, 4.69) is 15.5 Å². The highest BCUT2D eigenvalue weighted by Gasteiger charge is 2.55. The van der Waals surface area contributed by atoms with Crippen LogP contribution in [0.5, 0.6) is 0 Å². The molecular formula is C24H23N6O9S+. The molecule has 40 heavy (non-hydrogen) atoms. The summed E-state index contributed by atoms with van der Waals surface area (Å²) in [6.07, 6.45) is 4.30. The quantitative estimate of drug-likeness (QED) is 0.118. The Balaban J connectivity index is 1.38. The first-order valence-electron chi connectivity index (χ1n) is 11.8. The number of carboxylic acid groups (broad SMARTS) is 2. The molecule has 0 bridgehead atoms. The van der Waals surface area contributed by atoms with Crippen molar-refractivity contribution in [1.82, 2.24) is 15.2 Å². The molecule has 0 aromatic carbocycles. The van der Waals surface area contributed by atoms with E-state index in [4.69, 9.17) is 19.4 Å². The van der Waals surface area contributed by atoms with Crippen molar-refractivity contribution in [2.24, 2.45) is 5.16 Å². The van der Waals surface area contributed by atoms with Gasteiger partial charge in [-0.05, 0) is 26.0 Å². The van der Waals surface area contributed by atoms with Crippen LogP contribution in [0.1, 0.15) is 19.5 Å². The van der Waals surface area contributed by atoms with E-state index in [1.807, 2.05) is 6.07 Å². The Morgan fingerprint density at radius 3 is 2.77 bits per heavy atom. The molecule has 0 saturated carbocycles. The number of amides is 2. The summed E-state index contributed by atoms with van der Waals surface area (Å²) >= 11 is 1.28. The molecule has 2 aliphatic heterocycles. The number of nitrogens with two attached hydrogens (primary N) is 1. The van der Waals surface area contributed by atoms with E-state index >= 15 is 0 Å². The molecule has 3 aromatic heterocycles. The van der Waals surface area contributed by atoms with Crippen molar-refractivity contribution in [1.29, 1.82) is 0 Å². The van der Waals surface area contributed by atoms with Crippen LogP contribution in [0.15, 0.2) is 62.2 Å². The minimum atomic E-state index is -1.79. The van der Waals surface area contributed by atoms with Gasteiger partial charge in [0.1, 0.15) is 29.1 Å². The standard InChI is InChI=1S/C24H22N6O9S/c1-24(2,22(35)36)39-28-14(13-9-38-23(25)26-13)17(31)27-15-18(32)30-16(21(33)34)12(10-40-20(15)30)8-29-6-3-4-11-5-7-37-19(11)29/h3-7,9,15,20H,8,10H2,1-2H3,(H4-,25,26,27,31,33,34,35,36)/p+1/t15?,20-/m1/s1. The summed E-state index contributed by atoms with van der Waals surface area (Å²) < 4.78 is 12.2. The van der Waals surface area contributed by atoms with Gasteiger partial charge in [-0.1, -0.05) is 5.16 Å². The number of oxazole rings is 1. The lowest BCUT2D eigenvalue weighted by Crippen LogP contribution is -2.71. The number of oxime groups is 1. The number of nitrogens with one attached hydrogen (secondary N) is 1. The Bertz CT molecular complexity index is 1610. The first-order chi connectivity index (χ1) is 19.0. The molecule has 5 heterocycles. The molecule has 2 atom stereocenters. The van der Waals surface area contributed by atoms with Gasteiger partial charge in [0.2, 0.25) is 5.60 Å². The topological polar surface area (TPSA) is 215 Å². The number of nitrogen functional groups attached to an aromatic ring is 1. The Morgan fingerprint density at radius 1 is 1.32 bits per heavy atom. The summed E-state index contributed by atoms with van der Waals surface area (Å²) in [6, 6.07) is 4.07. The molecule has 3 aromatic rings. The van der Waals surface area contributed by atoms with E-state index in [9.17, 15) is 29.4 Å². The molecule has 2 amide bonds. The molecule has 208 valence electrons. The summed E-state index contributed by atoms with van der Waals surface area (Å²) in [5.41, 5.74) is 3.94. The first-order valence-corrected chi connectivity index (χ1v) is 12.8. The number of aromatic nitrogens is 2. The van der Waals surface area contributed by atoms with Crippen molar-refractivity contribution >= 4 is 58.3 Å². The Kier molecular flexibility index (Phi) is 6.70. The molecule has 1 saturated heterocycles. The number of carboxylic acids is 2. The van der Waals surface area contributed by atoms with E-state index < -0.39 is 46.5 Å². The fourth-order valence-electron chi connectivity index (χ4n) is 4.13. The van der Waals surface area contributed by atoms with Crippen LogP contribution in [-0.2, 0) is 30.6 Å². The van der Waals surface area contributed by atoms with Crippen LogP contribution >= 0.6 is 11.8 Å². The van der Waals surface area contributed by atoms with Gasteiger partial charge in [-0.25, -0.2) is 9.59 Å². The molecule has 1 unspecified atom stereocenters. The number of pyridine rings is 1. The zero-order valence-corrected chi connectivity index (χ0v) is 21.9. The van der Waals surface area contributed by atoms with Crippen molar-refractivity contribution in [2.45, 2.75) is 37.4 Å². The number of nitrogens with zero attached hydrogens (tertiary/aromatic N) is 4. The number of β-lactam (4-membered cyclic amide) rings is 1. The second-order valence-electron chi connectivity index (χ2n) is 9.35. The zero-order valence-electron chi connectivity index (χ0n) is 21.1. The van der Waals surface area contributed by atoms with Crippen molar-refractivity contribution in [3.05, 3.63) is 53.9 Å². The summed E-state index contributed by atoms with van der Waals surface area (Å²) in [4.78, 5) is 60.0. The van der Waals surface area contributed by atoms with Gasteiger partial charge in [0, 0.05) is 17.4 Å². The molecule has 5 rings (SSSR count). The van der Waals surface area contributed by atoms with E-state index in [-0.39, 0.29) is 29.7 Å². The normalized spacial score (nSPS) is 19.3. The average Bonchev–Trinajstić information content (AvgIpc) is 3.56. The van der Waals surface area contributed by atoms with Gasteiger partial charge in [-0.15, -0.1) is 11.8 Å². The molecule has 1 fully saturated rings. The molecule has 0 radical (unpaired) electrons. The Labute approximate surface area is 229 Å². The maximum absolute atomic E-state index is 13.2. The molecule has 0 aliphatic carbocycles. The number of rotatable bonds is 9. The van der Waals surface area contributed by atoms with Gasteiger partial charge >= 0.3 is 17.7 Å². The molecule has 15 nitrogen and oxygen atoms in total. The van der Waals surface area contributed by atoms with Crippen LogP contribution in [0.25, 0.3) is 11.1 Å². The SMILES string of the molecule is CC(C)(ON=C(C(=O)NC1C(=O)N2C(C(=O)O)=C(C[n+]3cccc4ccoc43)CS[C@H]12)c1coc(N)n1)C(=O)O. The highest BCUT2D eigenvalue weighted by molar-refractivity contribution is 8.00. The maximum Gasteiger partial charge on any atom is 0.380 e. The second-order valence-corrected chi connectivity index (χ2v) is 10.5. The number of aliphatic carboxylic acids is 2. The van der Waals surface area contributed by atoms with Crippen LogP contribution in [0.2, 0.25) is 0 Å². The largest absolute Gasteiger partial charge is 0.478 e. The van der Waals surface area contributed by atoms with Gasteiger partial charge in [-0.2, -0.15) is 9.55 Å². The summed E-state index contributed by atoms with van der Waals surface area (Å²) in [5.74, 6) is -3.93. The highest BCUT2D eigenvalue weighted by atomic mass is 32.2. The first kappa shape index (κ1) is 26.7. The number of furan rings is 1. The van der Waals surface area contributed by atoms with Crippen molar-refractivity contribution in [3.8, 4) is 0 Å². The summed E-state index contributed by atoms with van der Waals surface area (Å²) in [5, 5.41) is 25.6. The number of anilines is 1. The lowest BCUT2D eigenvalue weighted by Gasteiger charge is -2.49. The predicted molar refractivity (Wildman–Crippen MR) is 136 cm³/mol. The van der Waals surface area contributed by atoms with Crippen LogP contribution in [0, 0.1) is 0 Å². The van der Waals surface area contributed by atoms with Gasteiger partial charge in [0.05, 0.1) is 11.6 Å². The van der Waals surface area contributed by atoms with E-state index in [1.54, 1.807) is 22.9 Å². The van der Waals surface area contributed by atoms with Gasteiger partial charge in [0.15, 0.2) is 18.5 Å². The zero-order chi connectivity index (χ0) is 28.8. The number of carbonyl (C=O) groups excluding carboxylic acids is 2. The van der Waals surface area contributed by atoms with E-state index in [1.165, 1.54) is 31.9 Å². The third kappa shape index (κ3) is 4.72. The monoisotopic (exact) mass is 571 g/mol. The smallest absolute Gasteiger partial charge is 0.380 e. The molecule has 5 N–H and O–H groups in total. The minimum absolute atomic E-state index is 0.159. The van der Waals surface area contributed by atoms with E-state index in [0.29, 0.717) is 11.3 Å². The third-order valence-corrected chi connectivity index (χ3v) is 7.57. The second kappa shape index (κ2) is 10.0. The van der Waals surface area contributed by atoms with E-state index in [0.717, 1.165) is 16.5 Å². The predicted octanol–water partition coefficient (Wildman–Crippen LogP) is 0.313. The summed E-state index contributed by atoms with van der Waals surface area (Å²) in [6.45, 7) is 2.62. The average molecular weight is 572 g/mol. The highest BCUT2D eigenvalue weighted by Crippen LogP contribution is 2.40. The number of carbonyl (C=O) groups is 4. The lowest BCUT2D eigenvalue weighted by molar-refractivity contribution is -0.669. The molecule has 0 spiro atoms. The Morgan fingerprint density at radius 2 is 2.10 bits per heavy atom. The van der Waals surface area contributed by atoms with Crippen LogP contribution < -0.4 is 15.6 Å². The minimum Gasteiger partial charge on any atom is -0.478 e. The fraction of sp³-hybridized carbons (Fsp3) is 0.292. The molecule has 16 heteroatoms. The van der Waals surface area contributed by atoms with Crippen molar-refractivity contribution < 1.29 is 47.6 Å².